The molecule has 0 bridgehead atoms. The normalized spacial score (nSPS) is 26.1. The number of anilines is 2. The second-order valence-electron chi connectivity index (χ2n) is 11.2. The van der Waals surface area contributed by atoms with Crippen molar-refractivity contribution in [3.8, 4) is 6.07 Å². The molecule has 3 aliphatic rings. The Kier molecular flexibility index (Phi) is 6.97. The quantitative estimate of drug-likeness (QED) is 0.514. The van der Waals surface area contributed by atoms with Crippen LogP contribution in [0, 0.1) is 11.3 Å². The van der Waals surface area contributed by atoms with E-state index >= 15 is 0 Å². The van der Waals surface area contributed by atoms with Gasteiger partial charge in [0.05, 0.1) is 23.7 Å². The number of nitriles is 1. The summed E-state index contributed by atoms with van der Waals surface area (Å²) in [5.74, 6) is 0.806. The zero-order valence-corrected chi connectivity index (χ0v) is 22.3. The van der Waals surface area contributed by atoms with E-state index in [1.807, 2.05) is 35.4 Å². The van der Waals surface area contributed by atoms with Gasteiger partial charge in [0.2, 0.25) is 5.56 Å². The standard InChI is InChI=1S/C29H35FN8O/c1-19-14-36(26-4-2-21(13-31)29-23(26)3-5-28(39)34-29)16-22-15-35(10-11-38(19)22)9-7-20-6-8-33-27(12-20)37-17-24(30)25(32)18-37/h2-6,8,12,19,22,24-25H,7,9-11,14-18,32H2,1H3,(H,34,39). The number of benzene rings is 1. The lowest BCUT2D eigenvalue weighted by Crippen LogP contribution is -2.65. The maximum Gasteiger partial charge on any atom is 0.248 e. The SMILES string of the molecule is CC1CN(c2ccc(C#N)c3[nH]c(=O)ccc23)CC2CN(CCc3ccnc(N4CC(N)C(F)C4)c3)CCN12. The minimum atomic E-state index is -1.01. The fourth-order valence-corrected chi connectivity index (χ4v) is 6.49. The van der Waals surface area contributed by atoms with Crippen LogP contribution >= 0.6 is 0 Å². The number of fused-ring (bicyclic) bond motifs is 2. The first-order valence-electron chi connectivity index (χ1n) is 13.8. The van der Waals surface area contributed by atoms with Crippen molar-refractivity contribution in [2.75, 3.05) is 62.2 Å². The van der Waals surface area contributed by atoms with Crippen LogP contribution in [0.2, 0.25) is 0 Å². The summed E-state index contributed by atoms with van der Waals surface area (Å²) in [5, 5.41) is 10.5. The van der Waals surface area contributed by atoms with Crippen LogP contribution in [0.5, 0.6) is 0 Å². The van der Waals surface area contributed by atoms with Crippen LogP contribution in [0.25, 0.3) is 10.9 Å². The van der Waals surface area contributed by atoms with Gasteiger partial charge < -0.3 is 25.4 Å². The maximum atomic E-state index is 13.9. The van der Waals surface area contributed by atoms with E-state index in [2.05, 4.69) is 43.7 Å². The lowest BCUT2D eigenvalue weighted by Gasteiger charge is -2.51. The molecule has 0 aliphatic carbocycles. The van der Waals surface area contributed by atoms with Crippen LogP contribution in [-0.2, 0) is 6.42 Å². The Bertz CT molecular complexity index is 1440. The number of halogens is 1. The lowest BCUT2D eigenvalue weighted by molar-refractivity contribution is 0.0356. The van der Waals surface area contributed by atoms with Gasteiger partial charge in [-0.3, -0.25) is 9.69 Å². The number of nitrogens with two attached hydrogens (primary N) is 1. The van der Waals surface area contributed by atoms with E-state index in [0.29, 0.717) is 36.3 Å². The van der Waals surface area contributed by atoms with Gasteiger partial charge in [0, 0.05) is 81.2 Å². The van der Waals surface area contributed by atoms with E-state index in [1.165, 1.54) is 11.6 Å². The van der Waals surface area contributed by atoms with E-state index in [0.717, 1.165) is 62.6 Å². The van der Waals surface area contributed by atoms with E-state index in [4.69, 9.17) is 5.73 Å². The van der Waals surface area contributed by atoms with Crippen molar-refractivity contribution >= 4 is 22.4 Å². The summed E-state index contributed by atoms with van der Waals surface area (Å²) in [5.41, 5.74) is 9.03. The van der Waals surface area contributed by atoms with Crippen molar-refractivity contribution < 1.29 is 4.39 Å². The van der Waals surface area contributed by atoms with Gasteiger partial charge in [-0.1, -0.05) is 0 Å². The van der Waals surface area contributed by atoms with Gasteiger partial charge in [0.15, 0.2) is 0 Å². The van der Waals surface area contributed by atoms with E-state index in [-0.39, 0.29) is 5.56 Å². The van der Waals surface area contributed by atoms with Crippen molar-refractivity contribution in [2.24, 2.45) is 5.73 Å². The minimum Gasteiger partial charge on any atom is -0.368 e. The zero-order valence-electron chi connectivity index (χ0n) is 22.3. The molecular formula is C29H35FN8O. The van der Waals surface area contributed by atoms with Crippen LogP contribution in [0.15, 0.2) is 47.4 Å². The van der Waals surface area contributed by atoms with Gasteiger partial charge in [0.1, 0.15) is 18.1 Å². The molecule has 4 unspecified atom stereocenters. The zero-order chi connectivity index (χ0) is 27.1. The van der Waals surface area contributed by atoms with Gasteiger partial charge in [-0.05, 0) is 49.2 Å². The van der Waals surface area contributed by atoms with Crippen molar-refractivity contribution in [3.63, 3.8) is 0 Å². The average Bonchev–Trinajstić information content (AvgIpc) is 3.29. The Morgan fingerprint density at radius 3 is 2.77 bits per heavy atom. The molecule has 3 N–H and O–H groups in total. The molecule has 3 aromatic rings. The first-order valence-corrected chi connectivity index (χ1v) is 13.8. The predicted octanol–water partition coefficient (Wildman–Crippen LogP) is 1.72. The largest absolute Gasteiger partial charge is 0.368 e. The summed E-state index contributed by atoms with van der Waals surface area (Å²) in [6.45, 7) is 8.88. The summed E-state index contributed by atoms with van der Waals surface area (Å²) in [6.07, 6.45) is 1.72. The molecule has 4 atom stereocenters. The highest BCUT2D eigenvalue weighted by atomic mass is 19.1. The van der Waals surface area contributed by atoms with Crippen LogP contribution in [0.1, 0.15) is 18.1 Å². The molecule has 204 valence electrons. The molecule has 0 saturated carbocycles. The van der Waals surface area contributed by atoms with Crippen LogP contribution < -0.4 is 21.1 Å². The molecule has 2 aromatic heterocycles. The average molecular weight is 531 g/mol. The Labute approximate surface area is 227 Å². The smallest absolute Gasteiger partial charge is 0.248 e. The number of rotatable bonds is 5. The molecular weight excluding hydrogens is 495 g/mol. The lowest BCUT2D eigenvalue weighted by atomic mass is 10.0. The summed E-state index contributed by atoms with van der Waals surface area (Å²) in [4.78, 5) is 28.8. The van der Waals surface area contributed by atoms with Gasteiger partial charge in [-0.15, -0.1) is 0 Å². The van der Waals surface area contributed by atoms with Crippen molar-refractivity contribution in [3.05, 3.63) is 64.1 Å². The number of pyridine rings is 2. The number of aromatic nitrogens is 2. The number of aromatic amines is 1. The monoisotopic (exact) mass is 530 g/mol. The van der Waals surface area contributed by atoms with Crippen molar-refractivity contribution in [2.45, 2.75) is 37.6 Å². The first-order chi connectivity index (χ1) is 18.9. The maximum absolute atomic E-state index is 13.9. The molecule has 0 spiro atoms. The van der Waals surface area contributed by atoms with Crippen LogP contribution in [0.4, 0.5) is 15.9 Å². The summed E-state index contributed by atoms with van der Waals surface area (Å²) in [6, 6.07) is 13.9. The van der Waals surface area contributed by atoms with Gasteiger partial charge in [-0.25, -0.2) is 9.37 Å². The first kappa shape index (κ1) is 25.7. The van der Waals surface area contributed by atoms with E-state index < -0.39 is 12.2 Å². The Morgan fingerprint density at radius 2 is 1.97 bits per heavy atom. The third kappa shape index (κ3) is 5.10. The highest BCUT2D eigenvalue weighted by Gasteiger charge is 2.36. The van der Waals surface area contributed by atoms with Gasteiger partial charge in [0.25, 0.3) is 0 Å². The molecule has 6 rings (SSSR count). The number of hydrogen-bond donors (Lipinski definition) is 2. The van der Waals surface area contributed by atoms with Crippen LogP contribution in [0.3, 0.4) is 0 Å². The number of nitrogens with one attached hydrogen (secondary N) is 1. The molecule has 3 saturated heterocycles. The molecule has 3 aliphatic heterocycles. The number of piperazine rings is 2. The fraction of sp³-hybridized carbons (Fsp3) is 0.483. The third-order valence-electron chi connectivity index (χ3n) is 8.57. The summed E-state index contributed by atoms with van der Waals surface area (Å²) < 4.78 is 13.9. The molecule has 0 amide bonds. The van der Waals surface area contributed by atoms with Crippen molar-refractivity contribution in [1.82, 2.24) is 19.8 Å². The minimum absolute atomic E-state index is 0.200. The highest BCUT2D eigenvalue weighted by molar-refractivity contribution is 5.95. The summed E-state index contributed by atoms with van der Waals surface area (Å²) >= 11 is 0. The Hall–Kier alpha value is -3.52. The summed E-state index contributed by atoms with van der Waals surface area (Å²) in [7, 11) is 0. The van der Waals surface area contributed by atoms with Crippen molar-refractivity contribution in [1.29, 1.82) is 5.26 Å². The molecule has 10 heteroatoms. The third-order valence-corrected chi connectivity index (χ3v) is 8.57. The topological polar surface area (TPSA) is 109 Å². The number of H-pyrrole nitrogens is 1. The molecule has 39 heavy (non-hydrogen) atoms. The highest BCUT2D eigenvalue weighted by Crippen LogP contribution is 2.31. The second-order valence-corrected chi connectivity index (χ2v) is 11.2. The molecule has 5 heterocycles. The number of nitrogens with zero attached hydrogens (tertiary/aromatic N) is 6. The predicted molar refractivity (Wildman–Crippen MR) is 151 cm³/mol. The molecule has 1 aromatic carbocycles. The van der Waals surface area contributed by atoms with Gasteiger partial charge in [-0.2, -0.15) is 5.26 Å². The fourth-order valence-electron chi connectivity index (χ4n) is 6.49. The van der Waals surface area contributed by atoms with Gasteiger partial charge >= 0.3 is 0 Å². The Balaban J connectivity index is 1.14. The van der Waals surface area contributed by atoms with Crippen LogP contribution in [-0.4, -0.2) is 96.4 Å². The van der Waals surface area contributed by atoms with E-state index in [9.17, 15) is 14.4 Å². The molecule has 0 radical (unpaired) electrons. The Morgan fingerprint density at radius 1 is 1.10 bits per heavy atom. The second kappa shape index (κ2) is 10.6. The molecule has 3 fully saturated rings. The molecule has 9 nitrogen and oxygen atoms in total. The van der Waals surface area contributed by atoms with E-state index in [1.54, 1.807) is 0 Å². The number of hydrogen-bond acceptors (Lipinski definition) is 8. The number of alkyl halides is 1.